The Hall–Kier alpha value is -1.59. The topological polar surface area (TPSA) is 56.4 Å². The number of carbonyl (C=O) groups excluding carboxylic acids is 1. The summed E-state index contributed by atoms with van der Waals surface area (Å²) in [5, 5.41) is 3.03. The molecule has 1 aromatic carbocycles. The predicted molar refractivity (Wildman–Crippen MR) is 92.3 cm³/mol. The van der Waals surface area contributed by atoms with Gasteiger partial charge in [0.2, 0.25) is 5.91 Å². The summed E-state index contributed by atoms with van der Waals surface area (Å²) in [6.07, 6.45) is 7.39. The Morgan fingerprint density at radius 1 is 1.04 bits per heavy atom. The molecule has 3 fully saturated rings. The van der Waals surface area contributed by atoms with Crippen molar-refractivity contribution < 1.29 is 4.79 Å². The van der Waals surface area contributed by atoms with Crippen LogP contribution >= 0.6 is 0 Å². The van der Waals surface area contributed by atoms with Gasteiger partial charge < -0.3 is 10.2 Å². The van der Waals surface area contributed by atoms with Gasteiger partial charge in [-0.3, -0.25) is 10.2 Å². The first kappa shape index (κ1) is 15.0. The molecule has 2 unspecified atom stereocenters. The number of carbonyl (C=O) groups is 1. The van der Waals surface area contributed by atoms with E-state index in [1.807, 2.05) is 12.1 Å². The van der Waals surface area contributed by atoms with Crippen molar-refractivity contribution in [3.05, 3.63) is 24.3 Å². The van der Waals surface area contributed by atoms with E-state index >= 15 is 0 Å². The number of hydrazine groups is 1. The molecule has 2 saturated heterocycles. The van der Waals surface area contributed by atoms with Crippen LogP contribution in [-0.4, -0.2) is 31.1 Å². The minimum atomic E-state index is -0.123. The van der Waals surface area contributed by atoms with Gasteiger partial charge in [0.1, 0.15) is 6.04 Å². The molecule has 4 rings (SSSR count). The normalized spacial score (nSPS) is 27.9. The molecule has 2 atom stereocenters. The van der Waals surface area contributed by atoms with E-state index in [-0.39, 0.29) is 11.9 Å². The van der Waals surface area contributed by atoms with Crippen LogP contribution in [0.25, 0.3) is 0 Å². The fourth-order valence-corrected chi connectivity index (χ4v) is 3.70. The lowest BCUT2D eigenvalue weighted by Gasteiger charge is -2.28. The third-order valence-electron chi connectivity index (χ3n) is 5.30. The zero-order valence-electron chi connectivity index (χ0n) is 13.6. The fraction of sp³-hybridized carbons (Fsp3) is 0.611. The molecule has 0 radical (unpaired) electrons. The molecule has 23 heavy (non-hydrogen) atoms. The second-order valence-corrected chi connectivity index (χ2v) is 7.10. The summed E-state index contributed by atoms with van der Waals surface area (Å²) in [7, 11) is 0. The molecule has 2 heterocycles. The third-order valence-corrected chi connectivity index (χ3v) is 5.30. The van der Waals surface area contributed by atoms with Gasteiger partial charge in [0.05, 0.1) is 0 Å². The zero-order valence-corrected chi connectivity index (χ0v) is 13.6. The van der Waals surface area contributed by atoms with Crippen molar-refractivity contribution in [2.75, 3.05) is 23.3 Å². The minimum absolute atomic E-state index is 0.0615. The number of amides is 1. The first-order chi connectivity index (χ1) is 11.3. The van der Waals surface area contributed by atoms with Gasteiger partial charge in [-0.15, -0.1) is 0 Å². The average Bonchev–Trinajstić information content (AvgIpc) is 3.33. The molecule has 1 amide bonds. The Bertz CT molecular complexity index is 549. The van der Waals surface area contributed by atoms with Crippen molar-refractivity contribution >= 4 is 17.3 Å². The maximum atomic E-state index is 12.4. The van der Waals surface area contributed by atoms with Gasteiger partial charge in [-0.25, -0.2) is 5.43 Å². The second kappa shape index (κ2) is 6.49. The Morgan fingerprint density at radius 3 is 2.48 bits per heavy atom. The van der Waals surface area contributed by atoms with Gasteiger partial charge in [-0.05, 0) is 68.7 Å². The summed E-state index contributed by atoms with van der Waals surface area (Å²) in [4.78, 5) is 14.8. The number of hydrogen-bond acceptors (Lipinski definition) is 4. The van der Waals surface area contributed by atoms with Crippen LogP contribution in [0, 0.1) is 5.92 Å². The van der Waals surface area contributed by atoms with Crippen LogP contribution in [-0.2, 0) is 4.79 Å². The molecule has 0 aromatic heterocycles. The van der Waals surface area contributed by atoms with Gasteiger partial charge in [-0.1, -0.05) is 0 Å². The maximum Gasteiger partial charge on any atom is 0.242 e. The highest BCUT2D eigenvalue weighted by Crippen LogP contribution is 2.35. The van der Waals surface area contributed by atoms with E-state index in [1.54, 1.807) is 0 Å². The highest BCUT2D eigenvalue weighted by atomic mass is 16.2. The highest BCUT2D eigenvalue weighted by Gasteiger charge is 2.38. The van der Waals surface area contributed by atoms with Crippen LogP contribution in [0.3, 0.4) is 0 Å². The SMILES string of the molecule is O=C(Nc1ccc(N2CCCCC2)cc1)C1CC(C2CC2)NN1. The first-order valence-corrected chi connectivity index (χ1v) is 8.96. The van der Waals surface area contributed by atoms with E-state index in [4.69, 9.17) is 0 Å². The number of hydrogen-bond donors (Lipinski definition) is 3. The van der Waals surface area contributed by atoms with E-state index in [0.717, 1.165) is 31.1 Å². The minimum Gasteiger partial charge on any atom is -0.372 e. The lowest BCUT2D eigenvalue weighted by molar-refractivity contribution is -0.117. The predicted octanol–water partition coefficient (Wildman–Crippen LogP) is 2.26. The summed E-state index contributed by atoms with van der Waals surface area (Å²) >= 11 is 0. The number of anilines is 2. The number of nitrogens with one attached hydrogen (secondary N) is 3. The van der Waals surface area contributed by atoms with Gasteiger partial charge in [0.25, 0.3) is 0 Å². The molecule has 5 nitrogen and oxygen atoms in total. The van der Waals surface area contributed by atoms with E-state index < -0.39 is 0 Å². The summed E-state index contributed by atoms with van der Waals surface area (Å²) in [6, 6.07) is 8.61. The lowest BCUT2D eigenvalue weighted by atomic mass is 10.1. The van der Waals surface area contributed by atoms with Crippen LogP contribution in [0.4, 0.5) is 11.4 Å². The smallest absolute Gasteiger partial charge is 0.242 e. The van der Waals surface area contributed by atoms with Crippen molar-refractivity contribution in [1.29, 1.82) is 0 Å². The van der Waals surface area contributed by atoms with Crippen molar-refractivity contribution in [3.8, 4) is 0 Å². The highest BCUT2D eigenvalue weighted by molar-refractivity contribution is 5.95. The lowest BCUT2D eigenvalue weighted by Crippen LogP contribution is -2.40. The van der Waals surface area contributed by atoms with E-state index in [9.17, 15) is 4.79 Å². The molecule has 3 aliphatic rings. The third kappa shape index (κ3) is 3.51. The van der Waals surface area contributed by atoms with Crippen LogP contribution in [0.1, 0.15) is 38.5 Å². The van der Waals surface area contributed by atoms with Crippen LogP contribution in [0.5, 0.6) is 0 Å². The summed E-state index contributed by atoms with van der Waals surface area (Å²) < 4.78 is 0. The number of nitrogens with zero attached hydrogens (tertiary/aromatic N) is 1. The molecule has 0 bridgehead atoms. The molecule has 1 aliphatic carbocycles. The van der Waals surface area contributed by atoms with Gasteiger partial charge in [0, 0.05) is 30.5 Å². The molecular formula is C18H26N4O. The van der Waals surface area contributed by atoms with E-state index in [2.05, 4.69) is 33.2 Å². The molecule has 1 aromatic rings. The molecule has 5 heteroatoms. The summed E-state index contributed by atoms with van der Waals surface area (Å²) in [5.74, 6) is 0.829. The Morgan fingerprint density at radius 2 is 1.78 bits per heavy atom. The molecule has 2 aliphatic heterocycles. The van der Waals surface area contributed by atoms with Gasteiger partial charge >= 0.3 is 0 Å². The molecule has 3 N–H and O–H groups in total. The van der Waals surface area contributed by atoms with Crippen molar-refractivity contribution in [2.45, 2.75) is 50.6 Å². The zero-order chi connectivity index (χ0) is 15.6. The largest absolute Gasteiger partial charge is 0.372 e. The second-order valence-electron chi connectivity index (χ2n) is 7.10. The monoisotopic (exact) mass is 314 g/mol. The maximum absolute atomic E-state index is 12.4. The number of piperidine rings is 1. The van der Waals surface area contributed by atoms with Crippen LogP contribution in [0.2, 0.25) is 0 Å². The standard InChI is InChI=1S/C18H26N4O/c23-18(17-12-16(20-21-17)13-4-5-13)19-14-6-8-15(9-7-14)22-10-2-1-3-11-22/h6-9,13,16-17,20-21H,1-5,10-12H2,(H,19,23). The Kier molecular flexibility index (Phi) is 4.23. The van der Waals surface area contributed by atoms with Gasteiger partial charge in [-0.2, -0.15) is 0 Å². The molecular weight excluding hydrogens is 288 g/mol. The molecule has 1 saturated carbocycles. The number of rotatable bonds is 4. The Labute approximate surface area is 137 Å². The fourth-order valence-electron chi connectivity index (χ4n) is 3.70. The van der Waals surface area contributed by atoms with Crippen LogP contribution < -0.4 is 21.1 Å². The first-order valence-electron chi connectivity index (χ1n) is 8.96. The van der Waals surface area contributed by atoms with Crippen LogP contribution in [0.15, 0.2) is 24.3 Å². The Balaban J connectivity index is 1.32. The van der Waals surface area contributed by atoms with E-state index in [1.165, 1.54) is 37.8 Å². The molecule has 124 valence electrons. The quantitative estimate of drug-likeness (QED) is 0.798. The number of benzene rings is 1. The summed E-state index contributed by atoms with van der Waals surface area (Å²) in [6.45, 7) is 2.29. The van der Waals surface area contributed by atoms with Crippen molar-refractivity contribution in [3.63, 3.8) is 0 Å². The van der Waals surface area contributed by atoms with Gasteiger partial charge in [0.15, 0.2) is 0 Å². The average molecular weight is 314 g/mol. The summed E-state index contributed by atoms with van der Waals surface area (Å²) in [5.41, 5.74) is 8.55. The van der Waals surface area contributed by atoms with E-state index in [0.29, 0.717) is 6.04 Å². The van der Waals surface area contributed by atoms with Crippen molar-refractivity contribution in [1.82, 2.24) is 10.9 Å². The molecule has 0 spiro atoms. The van der Waals surface area contributed by atoms with Crippen molar-refractivity contribution in [2.24, 2.45) is 5.92 Å².